The van der Waals surface area contributed by atoms with Crippen LogP contribution in [0, 0.1) is 0 Å². The van der Waals surface area contributed by atoms with Crippen LogP contribution in [0.5, 0.6) is 0 Å². The van der Waals surface area contributed by atoms with Crippen LogP contribution in [-0.4, -0.2) is 24.1 Å². The van der Waals surface area contributed by atoms with Crippen molar-refractivity contribution in [1.29, 1.82) is 0 Å². The molecule has 9 aromatic carbocycles. The minimum Gasteiger partial charge on any atom is -0.307 e. The Hall–Kier alpha value is -8.41. The molecule has 13 rings (SSSR count). The SMILES string of the molecule is c1ccc(-c2nc(-n3c4ccccc4c4cc(-c5ccc(-c6cc7c8ccccc8n(-c8cccnc8)c7c7ccccc67)cc5)c5ccccc5c43)nc3ccccc23)cc1. The fourth-order valence-corrected chi connectivity index (χ4v) is 9.90. The Kier molecular flexibility index (Phi) is 7.54. The van der Waals surface area contributed by atoms with Crippen molar-refractivity contribution in [2.24, 2.45) is 0 Å². The van der Waals surface area contributed by atoms with Crippen molar-refractivity contribution in [2.45, 2.75) is 0 Å². The van der Waals surface area contributed by atoms with E-state index in [9.17, 15) is 0 Å². The lowest BCUT2D eigenvalue weighted by molar-refractivity contribution is 1.02. The highest BCUT2D eigenvalue weighted by atomic mass is 15.2. The number of pyridine rings is 1. The first-order valence-electron chi connectivity index (χ1n) is 21.0. The molecule has 0 bridgehead atoms. The standard InChI is InChI=1S/C57H35N5/c1-2-15-38(16-3-1)54-46-24-8-11-25-51(46)59-57(60-54)62-53-27-13-10-21-43(53)50-34-48(41-19-5-7-23-45(41)56(50)62)37-30-28-36(29-31-37)47-33-49-42-20-9-12-26-52(42)61(39-17-14-32-58-35-39)55(49)44-22-6-4-18-40(44)47/h1-35H. The summed E-state index contributed by atoms with van der Waals surface area (Å²) in [5.74, 6) is 0.656. The second kappa shape index (κ2) is 13.6. The molecular weight excluding hydrogens is 755 g/mol. The molecule has 13 aromatic rings. The summed E-state index contributed by atoms with van der Waals surface area (Å²) in [6.45, 7) is 0. The van der Waals surface area contributed by atoms with Crippen LogP contribution in [0.2, 0.25) is 0 Å². The van der Waals surface area contributed by atoms with Crippen molar-refractivity contribution in [2.75, 3.05) is 0 Å². The van der Waals surface area contributed by atoms with Gasteiger partial charge in [-0.1, -0.05) is 158 Å². The zero-order valence-corrected chi connectivity index (χ0v) is 33.4. The van der Waals surface area contributed by atoms with Gasteiger partial charge in [-0.3, -0.25) is 9.55 Å². The summed E-state index contributed by atoms with van der Waals surface area (Å²) in [5.41, 5.74) is 13.2. The number of hydrogen-bond acceptors (Lipinski definition) is 3. The number of hydrogen-bond donors (Lipinski definition) is 0. The number of benzene rings is 9. The minimum absolute atomic E-state index is 0.656. The Morgan fingerprint density at radius 1 is 0.339 bits per heavy atom. The smallest absolute Gasteiger partial charge is 0.235 e. The van der Waals surface area contributed by atoms with Crippen LogP contribution >= 0.6 is 0 Å². The van der Waals surface area contributed by atoms with Crippen molar-refractivity contribution in [3.63, 3.8) is 0 Å². The Balaban J connectivity index is 1.01. The first-order chi connectivity index (χ1) is 30.8. The molecule has 0 amide bonds. The molecule has 0 N–H and O–H groups in total. The third-order valence-corrected chi connectivity index (χ3v) is 12.6. The Bertz CT molecular complexity index is 3900. The van der Waals surface area contributed by atoms with Gasteiger partial charge >= 0.3 is 0 Å². The van der Waals surface area contributed by atoms with Crippen LogP contribution in [0.1, 0.15) is 0 Å². The monoisotopic (exact) mass is 789 g/mol. The van der Waals surface area contributed by atoms with Gasteiger partial charge in [-0.2, -0.15) is 0 Å². The summed E-state index contributed by atoms with van der Waals surface area (Å²) in [6.07, 6.45) is 3.78. The van der Waals surface area contributed by atoms with E-state index in [1.807, 2.05) is 24.5 Å². The van der Waals surface area contributed by atoms with Crippen molar-refractivity contribution in [3.8, 4) is 45.1 Å². The van der Waals surface area contributed by atoms with E-state index >= 15 is 0 Å². The molecule has 0 saturated heterocycles. The predicted molar refractivity (Wildman–Crippen MR) is 257 cm³/mol. The summed E-state index contributed by atoms with van der Waals surface area (Å²) in [4.78, 5) is 15.1. The van der Waals surface area contributed by atoms with Gasteiger partial charge in [0.1, 0.15) is 0 Å². The highest BCUT2D eigenvalue weighted by Crippen LogP contribution is 2.44. The fourth-order valence-electron chi connectivity index (χ4n) is 9.90. The maximum Gasteiger partial charge on any atom is 0.235 e. The maximum atomic E-state index is 5.36. The third-order valence-electron chi connectivity index (χ3n) is 12.6. The van der Waals surface area contributed by atoms with Crippen LogP contribution in [-0.2, 0) is 0 Å². The lowest BCUT2D eigenvalue weighted by atomic mass is 9.92. The molecule has 0 unspecified atom stereocenters. The van der Waals surface area contributed by atoms with Gasteiger partial charge in [0.15, 0.2) is 0 Å². The number of nitrogens with zero attached hydrogens (tertiary/aromatic N) is 5. The van der Waals surface area contributed by atoms with E-state index in [-0.39, 0.29) is 0 Å². The quantitative estimate of drug-likeness (QED) is 0.174. The molecule has 288 valence electrons. The number of para-hydroxylation sites is 3. The number of rotatable bonds is 5. The van der Waals surface area contributed by atoms with Crippen LogP contribution in [0.25, 0.3) is 121 Å². The molecule has 5 heteroatoms. The van der Waals surface area contributed by atoms with E-state index in [4.69, 9.17) is 9.97 Å². The summed E-state index contributed by atoms with van der Waals surface area (Å²) >= 11 is 0. The van der Waals surface area contributed by atoms with Crippen LogP contribution in [0.3, 0.4) is 0 Å². The van der Waals surface area contributed by atoms with Crippen LogP contribution < -0.4 is 0 Å². The lowest BCUT2D eigenvalue weighted by Crippen LogP contribution is -2.03. The molecule has 4 heterocycles. The van der Waals surface area contributed by atoms with Crippen molar-refractivity contribution >= 4 is 76.1 Å². The van der Waals surface area contributed by atoms with Gasteiger partial charge in [-0.05, 0) is 75.5 Å². The van der Waals surface area contributed by atoms with E-state index in [1.165, 1.54) is 54.7 Å². The first-order valence-corrected chi connectivity index (χ1v) is 21.0. The second-order valence-corrected chi connectivity index (χ2v) is 16.0. The molecule has 0 aliphatic rings. The zero-order chi connectivity index (χ0) is 40.7. The van der Waals surface area contributed by atoms with Gasteiger partial charge in [-0.25, -0.2) is 9.97 Å². The van der Waals surface area contributed by atoms with Gasteiger partial charge < -0.3 is 4.57 Å². The molecule has 0 saturated carbocycles. The molecule has 0 atom stereocenters. The van der Waals surface area contributed by atoms with E-state index < -0.39 is 0 Å². The van der Waals surface area contributed by atoms with E-state index in [0.29, 0.717) is 5.95 Å². The highest BCUT2D eigenvalue weighted by Gasteiger charge is 2.22. The van der Waals surface area contributed by atoms with Gasteiger partial charge in [-0.15, -0.1) is 0 Å². The number of fused-ring (bicyclic) bond motifs is 11. The molecule has 0 radical (unpaired) electrons. The third kappa shape index (κ3) is 5.12. The topological polar surface area (TPSA) is 48.5 Å². The van der Waals surface area contributed by atoms with Gasteiger partial charge in [0.25, 0.3) is 0 Å². The summed E-state index contributed by atoms with van der Waals surface area (Å²) in [6, 6.07) is 71.7. The molecule has 62 heavy (non-hydrogen) atoms. The molecule has 5 nitrogen and oxygen atoms in total. The molecule has 0 aliphatic heterocycles. The van der Waals surface area contributed by atoms with E-state index in [0.717, 1.165) is 60.6 Å². The fraction of sp³-hybridized carbons (Fsp3) is 0. The molecular formula is C57H35N5. The minimum atomic E-state index is 0.656. The summed E-state index contributed by atoms with van der Waals surface area (Å²) in [5, 5.41) is 10.6. The maximum absolute atomic E-state index is 5.36. The molecule has 0 aliphatic carbocycles. The predicted octanol–water partition coefficient (Wildman–Crippen LogP) is 14.5. The average molecular weight is 790 g/mol. The zero-order valence-electron chi connectivity index (χ0n) is 33.4. The molecule has 0 spiro atoms. The largest absolute Gasteiger partial charge is 0.307 e. The first kappa shape index (κ1) is 34.5. The Morgan fingerprint density at radius 3 is 1.44 bits per heavy atom. The highest BCUT2D eigenvalue weighted by molar-refractivity contribution is 6.23. The van der Waals surface area contributed by atoms with Gasteiger partial charge in [0.05, 0.1) is 45.2 Å². The second-order valence-electron chi connectivity index (χ2n) is 16.0. The van der Waals surface area contributed by atoms with Crippen molar-refractivity contribution in [3.05, 3.63) is 213 Å². The Labute approximate surface area is 356 Å². The van der Waals surface area contributed by atoms with Crippen LogP contribution in [0.15, 0.2) is 213 Å². The van der Waals surface area contributed by atoms with Gasteiger partial charge in [0, 0.05) is 49.5 Å². The number of aromatic nitrogens is 5. The normalized spacial score (nSPS) is 11.9. The van der Waals surface area contributed by atoms with Crippen molar-refractivity contribution in [1.82, 2.24) is 24.1 Å². The lowest BCUT2D eigenvalue weighted by Gasteiger charge is -2.15. The Morgan fingerprint density at radius 2 is 0.839 bits per heavy atom. The summed E-state index contributed by atoms with van der Waals surface area (Å²) < 4.78 is 4.63. The van der Waals surface area contributed by atoms with E-state index in [2.05, 4.69) is 202 Å². The molecule has 4 aromatic heterocycles. The van der Waals surface area contributed by atoms with Crippen LogP contribution in [0.4, 0.5) is 0 Å². The summed E-state index contributed by atoms with van der Waals surface area (Å²) in [7, 11) is 0. The van der Waals surface area contributed by atoms with E-state index in [1.54, 1.807) is 0 Å². The van der Waals surface area contributed by atoms with Gasteiger partial charge in [0.2, 0.25) is 5.95 Å². The molecule has 0 fully saturated rings. The van der Waals surface area contributed by atoms with Crippen molar-refractivity contribution < 1.29 is 0 Å². The average Bonchev–Trinajstić information content (AvgIpc) is 3.87.